The van der Waals surface area contributed by atoms with Crippen LogP contribution in [0.2, 0.25) is 0 Å². The highest BCUT2D eigenvalue weighted by molar-refractivity contribution is 5.31. The van der Waals surface area contributed by atoms with E-state index >= 15 is 0 Å². The Bertz CT molecular complexity index is 392. The van der Waals surface area contributed by atoms with Crippen molar-refractivity contribution in [1.29, 1.82) is 5.26 Å². The summed E-state index contributed by atoms with van der Waals surface area (Å²) in [6.45, 7) is 3.62. The molecule has 2 heteroatoms. The Balaban J connectivity index is 1.64. The van der Waals surface area contributed by atoms with Crippen molar-refractivity contribution in [3.8, 4) is 6.07 Å². The average Bonchev–Trinajstić information content (AvgIpc) is 2.88. The molecule has 1 saturated carbocycles. The molecule has 0 bridgehead atoms. The van der Waals surface area contributed by atoms with Gasteiger partial charge in [-0.05, 0) is 36.0 Å². The summed E-state index contributed by atoms with van der Waals surface area (Å²) < 4.78 is 0. The van der Waals surface area contributed by atoms with Gasteiger partial charge in [0.2, 0.25) is 0 Å². The van der Waals surface area contributed by atoms with Crippen LogP contribution in [0.15, 0.2) is 24.3 Å². The number of hydrogen-bond donors (Lipinski definition) is 0. The maximum atomic E-state index is 8.69. The van der Waals surface area contributed by atoms with Gasteiger partial charge >= 0.3 is 0 Å². The van der Waals surface area contributed by atoms with Gasteiger partial charge in [-0.3, -0.25) is 4.90 Å². The maximum absolute atomic E-state index is 8.69. The number of rotatable bonds is 2. The molecule has 0 N–H and O–H groups in total. The van der Waals surface area contributed by atoms with Gasteiger partial charge in [0, 0.05) is 19.6 Å². The lowest BCUT2D eigenvalue weighted by Crippen LogP contribution is -2.21. The van der Waals surface area contributed by atoms with Gasteiger partial charge in [-0.25, -0.2) is 0 Å². The third-order valence-electron chi connectivity index (χ3n) is 3.54. The Morgan fingerprint density at radius 1 is 1.20 bits per heavy atom. The van der Waals surface area contributed by atoms with E-state index in [4.69, 9.17) is 5.26 Å². The molecule has 1 aliphatic carbocycles. The Kier molecular flexibility index (Phi) is 2.00. The molecule has 1 saturated heterocycles. The van der Waals surface area contributed by atoms with Gasteiger partial charge in [0.25, 0.3) is 0 Å². The normalized spacial score (nSPS) is 28.5. The SMILES string of the molecule is N#Cc1ccc(CN2CC3CC3C2)cc1. The van der Waals surface area contributed by atoms with E-state index in [-0.39, 0.29) is 0 Å². The molecular formula is C13H14N2. The third-order valence-corrected chi connectivity index (χ3v) is 3.54. The summed E-state index contributed by atoms with van der Waals surface area (Å²) in [6, 6.07) is 10.1. The minimum atomic E-state index is 0.753. The van der Waals surface area contributed by atoms with Gasteiger partial charge in [0.05, 0.1) is 11.6 Å². The van der Waals surface area contributed by atoms with Crippen LogP contribution in [-0.4, -0.2) is 18.0 Å². The molecule has 1 aromatic rings. The fourth-order valence-corrected chi connectivity index (χ4v) is 2.57. The van der Waals surface area contributed by atoms with Gasteiger partial charge in [-0.2, -0.15) is 5.26 Å². The molecule has 1 heterocycles. The van der Waals surface area contributed by atoms with Crippen molar-refractivity contribution < 1.29 is 0 Å². The van der Waals surface area contributed by atoms with Crippen LogP contribution in [-0.2, 0) is 6.54 Å². The van der Waals surface area contributed by atoms with Crippen molar-refractivity contribution >= 4 is 0 Å². The highest BCUT2D eigenvalue weighted by atomic mass is 15.2. The number of nitrogens with zero attached hydrogens (tertiary/aromatic N) is 2. The van der Waals surface area contributed by atoms with Crippen molar-refractivity contribution in [2.75, 3.05) is 13.1 Å². The molecule has 0 radical (unpaired) electrons. The molecule has 0 amide bonds. The Hall–Kier alpha value is -1.33. The molecule has 2 atom stereocenters. The minimum Gasteiger partial charge on any atom is -0.299 e. The van der Waals surface area contributed by atoms with Crippen LogP contribution in [0.1, 0.15) is 17.5 Å². The van der Waals surface area contributed by atoms with Crippen LogP contribution in [0.4, 0.5) is 0 Å². The molecule has 2 nitrogen and oxygen atoms in total. The van der Waals surface area contributed by atoms with Gasteiger partial charge in [0.15, 0.2) is 0 Å². The Morgan fingerprint density at radius 3 is 2.47 bits per heavy atom. The first-order valence-electron chi connectivity index (χ1n) is 5.56. The topological polar surface area (TPSA) is 27.0 Å². The third kappa shape index (κ3) is 1.75. The molecule has 2 aliphatic rings. The second-order valence-electron chi connectivity index (χ2n) is 4.76. The zero-order valence-corrected chi connectivity index (χ0v) is 8.69. The largest absolute Gasteiger partial charge is 0.299 e. The molecule has 1 aliphatic heterocycles. The van der Waals surface area contributed by atoms with Crippen LogP contribution in [0, 0.1) is 23.2 Å². The molecule has 1 aromatic carbocycles. The predicted octanol–water partition coefficient (Wildman–Crippen LogP) is 2.01. The summed E-state index contributed by atoms with van der Waals surface area (Å²) in [5.74, 6) is 2.01. The quantitative estimate of drug-likeness (QED) is 0.727. The summed E-state index contributed by atoms with van der Waals surface area (Å²) >= 11 is 0. The van der Waals surface area contributed by atoms with Gasteiger partial charge in [-0.1, -0.05) is 12.1 Å². The van der Waals surface area contributed by atoms with E-state index in [0.717, 1.165) is 23.9 Å². The van der Waals surface area contributed by atoms with E-state index in [1.54, 1.807) is 0 Å². The van der Waals surface area contributed by atoms with Crippen molar-refractivity contribution in [3.63, 3.8) is 0 Å². The standard InChI is InChI=1S/C13H14N2/c14-6-10-1-3-11(4-2-10)7-15-8-12-5-13(12)9-15/h1-4,12-13H,5,7-9H2. The zero-order valence-electron chi connectivity index (χ0n) is 8.69. The fourth-order valence-electron chi connectivity index (χ4n) is 2.57. The maximum Gasteiger partial charge on any atom is 0.0991 e. The summed E-state index contributed by atoms with van der Waals surface area (Å²) in [5.41, 5.74) is 2.08. The molecule has 0 spiro atoms. The van der Waals surface area contributed by atoms with Crippen LogP contribution >= 0.6 is 0 Å². The molecular weight excluding hydrogens is 184 g/mol. The number of fused-ring (bicyclic) bond motifs is 1. The van der Waals surface area contributed by atoms with E-state index in [9.17, 15) is 0 Å². The molecule has 2 fully saturated rings. The van der Waals surface area contributed by atoms with Gasteiger partial charge < -0.3 is 0 Å². The van der Waals surface area contributed by atoms with Crippen molar-refractivity contribution in [1.82, 2.24) is 4.90 Å². The molecule has 76 valence electrons. The average molecular weight is 198 g/mol. The van der Waals surface area contributed by atoms with Crippen molar-refractivity contribution in [3.05, 3.63) is 35.4 Å². The molecule has 15 heavy (non-hydrogen) atoms. The second kappa shape index (κ2) is 3.36. The second-order valence-corrected chi connectivity index (χ2v) is 4.76. The first-order chi connectivity index (χ1) is 7.35. The Labute approximate surface area is 90.1 Å². The minimum absolute atomic E-state index is 0.753. The van der Waals surface area contributed by atoms with Crippen LogP contribution < -0.4 is 0 Å². The number of likely N-dealkylation sites (tertiary alicyclic amines) is 1. The molecule has 0 aromatic heterocycles. The monoisotopic (exact) mass is 198 g/mol. The van der Waals surface area contributed by atoms with E-state index in [0.29, 0.717) is 0 Å². The fraction of sp³-hybridized carbons (Fsp3) is 0.462. The lowest BCUT2D eigenvalue weighted by Gasteiger charge is -2.17. The molecule has 3 rings (SSSR count). The van der Waals surface area contributed by atoms with Gasteiger partial charge in [-0.15, -0.1) is 0 Å². The number of nitriles is 1. The van der Waals surface area contributed by atoms with E-state index in [1.165, 1.54) is 25.1 Å². The van der Waals surface area contributed by atoms with Gasteiger partial charge in [0.1, 0.15) is 0 Å². The van der Waals surface area contributed by atoms with Crippen molar-refractivity contribution in [2.45, 2.75) is 13.0 Å². The highest BCUT2D eigenvalue weighted by Crippen LogP contribution is 2.45. The first-order valence-corrected chi connectivity index (χ1v) is 5.56. The lowest BCUT2D eigenvalue weighted by molar-refractivity contribution is 0.297. The van der Waals surface area contributed by atoms with Crippen molar-refractivity contribution in [2.24, 2.45) is 11.8 Å². The van der Waals surface area contributed by atoms with E-state index in [2.05, 4.69) is 23.1 Å². The van der Waals surface area contributed by atoms with Crippen LogP contribution in [0.25, 0.3) is 0 Å². The number of benzene rings is 1. The predicted molar refractivity (Wildman–Crippen MR) is 58.0 cm³/mol. The van der Waals surface area contributed by atoms with Crippen LogP contribution in [0.3, 0.4) is 0 Å². The smallest absolute Gasteiger partial charge is 0.0991 e. The zero-order chi connectivity index (χ0) is 10.3. The van der Waals surface area contributed by atoms with E-state index in [1.807, 2.05) is 12.1 Å². The number of piperidine rings is 1. The summed E-state index contributed by atoms with van der Waals surface area (Å²) in [6.07, 6.45) is 1.46. The summed E-state index contributed by atoms with van der Waals surface area (Å²) in [5, 5.41) is 8.69. The summed E-state index contributed by atoms with van der Waals surface area (Å²) in [4.78, 5) is 2.53. The van der Waals surface area contributed by atoms with Crippen LogP contribution in [0.5, 0.6) is 0 Å². The lowest BCUT2D eigenvalue weighted by atomic mass is 10.1. The number of hydrogen-bond acceptors (Lipinski definition) is 2. The highest BCUT2D eigenvalue weighted by Gasteiger charge is 2.44. The van der Waals surface area contributed by atoms with E-state index < -0.39 is 0 Å². The molecule has 2 unspecified atom stereocenters. The first kappa shape index (κ1) is 8.94. The summed E-state index contributed by atoms with van der Waals surface area (Å²) in [7, 11) is 0. The Morgan fingerprint density at radius 2 is 1.87 bits per heavy atom.